The second-order valence-electron chi connectivity index (χ2n) is 6.63. The van der Waals surface area contributed by atoms with Crippen LogP contribution in [-0.4, -0.2) is 36.9 Å². The summed E-state index contributed by atoms with van der Waals surface area (Å²) in [5, 5.41) is 0.972. The first kappa shape index (κ1) is 17.9. The summed E-state index contributed by atoms with van der Waals surface area (Å²) in [6, 6.07) is 13.2. The highest BCUT2D eigenvalue weighted by Crippen LogP contribution is 2.29. The summed E-state index contributed by atoms with van der Waals surface area (Å²) in [7, 11) is -3.68. The van der Waals surface area contributed by atoms with Gasteiger partial charge in [0, 0.05) is 18.1 Å². The van der Waals surface area contributed by atoms with Crippen LogP contribution in [0.15, 0.2) is 59.6 Å². The summed E-state index contributed by atoms with van der Waals surface area (Å²) in [6.45, 7) is 2.21. The van der Waals surface area contributed by atoms with Crippen molar-refractivity contribution in [2.45, 2.75) is 24.3 Å². The van der Waals surface area contributed by atoms with Crippen LogP contribution in [0.3, 0.4) is 0 Å². The molecule has 1 aliphatic heterocycles. The summed E-state index contributed by atoms with van der Waals surface area (Å²) in [5.41, 5.74) is 1.16. The Balaban J connectivity index is 1.55. The number of benzene rings is 2. The van der Waals surface area contributed by atoms with E-state index in [9.17, 15) is 12.8 Å². The number of rotatable bonds is 4. The van der Waals surface area contributed by atoms with E-state index >= 15 is 0 Å². The van der Waals surface area contributed by atoms with Gasteiger partial charge in [0.15, 0.2) is 0 Å². The molecule has 7 heteroatoms. The molecule has 1 atom stereocenters. The molecule has 2 heterocycles. The fourth-order valence-corrected chi connectivity index (χ4v) is 5.10. The largest absolute Gasteiger partial charge is 0.487 e. The summed E-state index contributed by atoms with van der Waals surface area (Å²) in [4.78, 5) is 4.50. The molecule has 0 spiro atoms. The number of fused-ring (bicyclic) bond motifs is 1. The van der Waals surface area contributed by atoms with E-state index in [0.29, 0.717) is 24.3 Å². The lowest BCUT2D eigenvalue weighted by Crippen LogP contribution is -2.31. The van der Waals surface area contributed by atoms with Crippen molar-refractivity contribution in [2.24, 2.45) is 0 Å². The van der Waals surface area contributed by atoms with Crippen molar-refractivity contribution in [1.82, 2.24) is 9.29 Å². The summed E-state index contributed by atoms with van der Waals surface area (Å²) in [6.07, 6.45) is 2.04. The number of hydrogen-bond donors (Lipinski definition) is 0. The molecule has 5 nitrogen and oxygen atoms in total. The molecule has 0 amide bonds. The van der Waals surface area contributed by atoms with Crippen LogP contribution in [0.1, 0.15) is 12.0 Å². The topological polar surface area (TPSA) is 59.5 Å². The second kappa shape index (κ2) is 6.90. The van der Waals surface area contributed by atoms with Crippen molar-refractivity contribution in [2.75, 3.05) is 13.1 Å². The molecule has 2 aromatic carbocycles. The molecular weight excluding hydrogens is 367 g/mol. The highest BCUT2D eigenvalue weighted by atomic mass is 32.2. The van der Waals surface area contributed by atoms with Crippen LogP contribution in [0, 0.1) is 12.7 Å². The Bertz CT molecular complexity index is 1100. The zero-order valence-electron chi connectivity index (χ0n) is 14.8. The number of pyridine rings is 1. The second-order valence-corrected chi connectivity index (χ2v) is 8.54. The third kappa shape index (κ3) is 3.40. The number of nitrogens with zero attached hydrogens (tertiary/aromatic N) is 2. The molecule has 1 aliphatic rings. The van der Waals surface area contributed by atoms with Gasteiger partial charge in [-0.25, -0.2) is 12.8 Å². The monoisotopic (exact) mass is 386 g/mol. The fourth-order valence-electron chi connectivity index (χ4n) is 3.40. The number of hydrogen-bond acceptors (Lipinski definition) is 4. The Kier molecular flexibility index (Phi) is 4.57. The molecular formula is C20H19FN2O3S. The average molecular weight is 386 g/mol. The van der Waals surface area contributed by atoms with Crippen LogP contribution >= 0.6 is 0 Å². The predicted molar refractivity (Wildman–Crippen MR) is 101 cm³/mol. The van der Waals surface area contributed by atoms with Gasteiger partial charge in [-0.05, 0) is 49.2 Å². The number of sulfonamides is 1. The molecule has 1 saturated heterocycles. The van der Waals surface area contributed by atoms with Crippen LogP contribution in [-0.2, 0) is 10.0 Å². The molecule has 0 saturated carbocycles. The van der Waals surface area contributed by atoms with Gasteiger partial charge in [0.2, 0.25) is 10.0 Å². The van der Waals surface area contributed by atoms with Gasteiger partial charge in [-0.15, -0.1) is 0 Å². The predicted octanol–water partition coefficient (Wildman–Crippen LogP) is 3.52. The van der Waals surface area contributed by atoms with Gasteiger partial charge >= 0.3 is 0 Å². The van der Waals surface area contributed by atoms with Gasteiger partial charge in [0.25, 0.3) is 0 Å². The van der Waals surface area contributed by atoms with Gasteiger partial charge in [0.1, 0.15) is 23.2 Å². The third-order valence-electron chi connectivity index (χ3n) is 4.75. The molecule has 140 valence electrons. The SMILES string of the molecule is Cc1cc(F)ccc1S(=O)(=O)N1CCC(Oc2cccc3cccnc23)C1. The number of ether oxygens (including phenoxy) is 1. The van der Waals surface area contributed by atoms with Crippen molar-refractivity contribution < 1.29 is 17.5 Å². The Morgan fingerprint density at radius 1 is 1.19 bits per heavy atom. The van der Waals surface area contributed by atoms with Gasteiger partial charge < -0.3 is 4.74 Å². The normalized spacial score (nSPS) is 18.1. The Labute approximate surface area is 157 Å². The number of aromatic nitrogens is 1. The minimum atomic E-state index is -3.68. The van der Waals surface area contributed by atoms with E-state index in [4.69, 9.17) is 4.74 Å². The van der Waals surface area contributed by atoms with E-state index in [1.165, 1.54) is 22.5 Å². The molecule has 0 bridgehead atoms. The quantitative estimate of drug-likeness (QED) is 0.688. The van der Waals surface area contributed by atoms with E-state index in [1.54, 1.807) is 13.1 Å². The van der Waals surface area contributed by atoms with Crippen molar-refractivity contribution >= 4 is 20.9 Å². The van der Waals surface area contributed by atoms with Crippen LogP contribution in [0.2, 0.25) is 0 Å². The summed E-state index contributed by atoms with van der Waals surface area (Å²) < 4.78 is 46.6. The van der Waals surface area contributed by atoms with Gasteiger partial charge in [-0.3, -0.25) is 4.98 Å². The minimum Gasteiger partial charge on any atom is -0.487 e. The van der Waals surface area contributed by atoms with E-state index in [2.05, 4.69) is 4.98 Å². The summed E-state index contributed by atoms with van der Waals surface area (Å²) in [5.74, 6) is 0.202. The fraction of sp³-hybridized carbons (Fsp3) is 0.250. The zero-order chi connectivity index (χ0) is 19.0. The smallest absolute Gasteiger partial charge is 0.243 e. The molecule has 0 N–H and O–H groups in total. The number of halogens is 1. The van der Waals surface area contributed by atoms with Crippen LogP contribution in [0.25, 0.3) is 10.9 Å². The molecule has 4 rings (SSSR count). The Hall–Kier alpha value is -2.51. The number of aryl methyl sites for hydroxylation is 1. The molecule has 27 heavy (non-hydrogen) atoms. The molecule has 1 fully saturated rings. The van der Waals surface area contributed by atoms with Crippen LogP contribution < -0.4 is 4.74 Å². The molecule has 1 aromatic heterocycles. The van der Waals surface area contributed by atoms with Crippen LogP contribution in [0.4, 0.5) is 4.39 Å². The van der Waals surface area contributed by atoms with Gasteiger partial charge in [0.05, 0.1) is 11.4 Å². The first-order chi connectivity index (χ1) is 12.9. The standard InChI is InChI=1S/C20H19FN2O3S/c1-14-12-16(21)7-8-19(14)27(24,25)23-11-9-17(13-23)26-18-6-2-4-15-5-3-10-22-20(15)18/h2-8,10,12,17H,9,11,13H2,1H3. The summed E-state index contributed by atoms with van der Waals surface area (Å²) >= 11 is 0. The van der Waals surface area contributed by atoms with Crippen molar-refractivity contribution in [3.8, 4) is 5.75 Å². The van der Waals surface area contributed by atoms with Crippen molar-refractivity contribution in [3.05, 3.63) is 66.1 Å². The highest BCUT2D eigenvalue weighted by Gasteiger charge is 2.34. The lowest BCUT2D eigenvalue weighted by molar-refractivity contribution is 0.218. The first-order valence-electron chi connectivity index (χ1n) is 8.72. The van der Waals surface area contributed by atoms with Crippen molar-refractivity contribution in [3.63, 3.8) is 0 Å². The van der Waals surface area contributed by atoms with E-state index < -0.39 is 15.8 Å². The lowest BCUT2D eigenvalue weighted by Gasteiger charge is -2.19. The van der Waals surface area contributed by atoms with E-state index in [-0.39, 0.29) is 17.5 Å². The van der Waals surface area contributed by atoms with Gasteiger partial charge in [-0.1, -0.05) is 18.2 Å². The highest BCUT2D eigenvalue weighted by molar-refractivity contribution is 7.89. The molecule has 3 aromatic rings. The van der Waals surface area contributed by atoms with Crippen LogP contribution in [0.5, 0.6) is 5.75 Å². The average Bonchev–Trinajstić information content (AvgIpc) is 3.11. The maximum atomic E-state index is 13.3. The van der Waals surface area contributed by atoms with E-state index in [1.807, 2.05) is 30.3 Å². The third-order valence-corrected chi connectivity index (χ3v) is 6.78. The zero-order valence-corrected chi connectivity index (χ0v) is 15.6. The van der Waals surface area contributed by atoms with Crippen molar-refractivity contribution in [1.29, 1.82) is 0 Å². The molecule has 0 aliphatic carbocycles. The van der Waals surface area contributed by atoms with Gasteiger partial charge in [-0.2, -0.15) is 4.31 Å². The minimum absolute atomic E-state index is 0.136. The lowest BCUT2D eigenvalue weighted by atomic mass is 10.2. The Morgan fingerprint density at radius 2 is 2.00 bits per heavy atom. The first-order valence-corrected chi connectivity index (χ1v) is 10.2. The molecule has 1 unspecified atom stereocenters. The van der Waals surface area contributed by atoms with E-state index in [0.717, 1.165) is 10.9 Å². The maximum absolute atomic E-state index is 13.3. The number of para-hydroxylation sites is 1. The Morgan fingerprint density at radius 3 is 2.81 bits per heavy atom. The molecule has 0 radical (unpaired) electrons. The maximum Gasteiger partial charge on any atom is 0.243 e.